The summed E-state index contributed by atoms with van der Waals surface area (Å²) in [6.07, 6.45) is -4.26. The number of halogens is 3. The lowest BCUT2D eigenvalue weighted by molar-refractivity contribution is -0.274. The molecule has 22 heavy (non-hydrogen) atoms. The maximum atomic E-state index is 12.4. The second-order valence-electron chi connectivity index (χ2n) is 5.28. The van der Waals surface area contributed by atoms with E-state index in [9.17, 15) is 23.1 Å². The molecule has 1 fully saturated rings. The number of carbonyl (C=O) groups excluding carboxylic acids is 1. The molecular weight excluding hydrogens is 299 g/mol. The summed E-state index contributed by atoms with van der Waals surface area (Å²) in [5.74, 6) is -0.684. The summed E-state index contributed by atoms with van der Waals surface area (Å²) >= 11 is 0. The summed E-state index contributed by atoms with van der Waals surface area (Å²) in [4.78, 5) is 12.4. The molecule has 0 spiro atoms. The van der Waals surface area contributed by atoms with E-state index in [4.69, 9.17) is 0 Å². The van der Waals surface area contributed by atoms with Crippen LogP contribution >= 0.6 is 0 Å². The molecule has 1 aliphatic carbocycles. The van der Waals surface area contributed by atoms with Crippen LogP contribution in [0.3, 0.4) is 0 Å². The third-order valence-corrected chi connectivity index (χ3v) is 3.81. The zero-order valence-corrected chi connectivity index (χ0v) is 12.1. The highest BCUT2D eigenvalue weighted by Crippen LogP contribution is 2.36. The molecule has 2 N–H and O–H groups in total. The van der Waals surface area contributed by atoms with Gasteiger partial charge in [0.1, 0.15) is 17.4 Å². The van der Waals surface area contributed by atoms with Crippen LogP contribution < -0.4 is 10.1 Å². The number of ether oxygens (including phenoxy) is 1. The number of nitrogens with one attached hydrogen (secondary N) is 1. The molecule has 1 saturated carbocycles. The number of hydrogen-bond donors (Lipinski definition) is 2. The molecule has 0 radical (unpaired) electrons. The number of rotatable bonds is 4. The van der Waals surface area contributed by atoms with Crippen molar-refractivity contribution in [3.8, 4) is 5.75 Å². The summed E-state index contributed by atoms with van der Waals surface area (Å²) < 4.78 is 40.4. The number of likely N-dealkylation sites (N-methyl/N-ethyl adjacent to an activating group) is 1. The number of Topliss-reactive ketones (excluding diaryl/α,β-unsaturated/α-hetero) is 1. The van der Waals surface area contributed by atoms with Crippen LogP contribution in [0.25, 0.3) is 0 Å². The van der Waals surface area contributed by atoms with Gasteiger partial charge < -0.3 is 15.2 Å². The summed E-state index contributed by atoms with van der Waals surface area (Å²) in [5.41, 5.74) is -0.518. The van der Waals surface area contributed by atoms with Crippen molar-refractivity contribution in [2.75, 3.05) is 6.54 Å². The first kappa shape index (κ1) is 16.8. The topological polar surface area (TPSA) is 58.6 Å². The Balaban J connectivity index is 2.31. The first-order chi connectivity index (χ1) is 10.3. The predicted molar refractivity (Wildman–Crippen MR) is 73.3 cm³/mol. The van der Waals surface area contributed by atoms with Crippen LogP contribution in [0.1, 0.15) is 31.7 Å². The van der Waals surface area contributed by atoms with Crippen molar-refractivity contribution in [3.05, 3.63) is 29.8 Å². The van der Waals surface area contributed by atoms with Crippen LogP contribution in [0, 0.1) is 0 Å². The minimum absolute atomic E-state index is 0.341. The Bertz CT molecular complexity index is 526. The normalized spacial score (nSPS) is 26.0. The Hall–Kier alpha value is -1.60. The van der Waals surface area contributed by atoms with Gasteiger partial charge in [0.25, 0.3) is 0 Å². The fraction of sp³-hybridized carbons (Fsp3) is 0.533. The molecule has 2 atom stereocenters. The van der Waals surface area contributed by atoms with Crippen molar-refractivity contribution < 1.29 is 27.8 Å². The van der Waals surface area contributed by atoms with E-state index >= 15 is 0 Å². The zero-order valence-electron chi connectivity index (χ0n) is 12.1. The number of aliphatic hydroxyl groups is 1. The van der Waals surface area contributed by atoms with E-state index in [1.165, 1.54) is 24.3 Å². The molecule has 0 bridgehead atoms. The molecule has 0 heterocycles. The largest absolute Gasteiger partial charge is 0.573 e. The summed E-state index contributed by atoms with van der Waals surface area (Å²) in [5, 5.41) is 12.9. The van der Waals surface area contributed by atoms with Crippen molar-refractivity contribution in [1.82, 2.24) is 5.32 Å². The van der Waals surface area contributed by atoms with Gasteiger partial charge in [-0.15, -0.1) is 13.2 Å². The second-order valence-corrected chi connectivity index (χ2v) is 5.28. The van der Waals surface area contributed by atoms with Crippen molar-refractivity contribution >= 4 is 5.78 Å². The summed E-state index contributed by atoms with van der Waals surface area (Å²) in [6.45, 7) is 2.33. The fourth-order valence-electron chi connectivity index (χ4n) is 2.91. The van der Waals surface area contributed by atoms with Gasteiger partial charge in [0.15, 0.2) is 5.78 Å². The molecule has 1 aromatic rings. The van der Waals surface area contributed by atoms with E-state index < -0.39 is 18.0 Å². The number of carbonyl (C=O) groups is 1. The number of alkyl halides is 3. The third kappa shape index (κ3) is 3.41. The van der Waals surface area contributed by atoms with Gasteiger partial charge >= 0.3 is 6.36 Å². The minimum atomic E-state index is -4.75. The van der Waals surface area contributed by atoms with Gasteiger partial charge in [0.2, 0.25) is 0 Å². The average Bonchev–Trinajstić information content (AvgIpc) is 2.43. The standard InChI is InChI=1S/C15H18F3NO3/c1-2-19-14(9-3-4-12(20)13(14)21)10-5-7-11(8-6-10)22-15(16,17)18/h5-8,12,19-20H,2-4,9H2,1H3. The van der Waals surface area contributed by atoms with E-state index in [0.717, 1.165) is 0 Å². The lowest BCUT2D eigenvalue weighted by Gasteiger charge is -2.39. The fourth-order valence-corrected chi connectivity index (χ4v) is 2.91. The first-order valence-electron chi connectivity index (χ1n) is 7.12. The Kier molecular flexibility index (Phi) is 4.77. The van der Waals surface area contributed by atoms with Crippen molar-refractivity contribution in [1.29, 1.82) is 0 Å². The van der Waals surface area contributed by atoms with E-state index in [2.05, 4.69) is 10.1 Å². The molecule has 4 nitrogen and oxygen atoms in total. The van der Waals surface area contributed by atoms with Crippen LogP contribution in [0.5, 0.6) is 5.75 Å². The first-order valence-corrected chi connectivity index (χ1v) is 7.12. The SMILES string of the molecule is CCNC1(c2ccc(OC(F)(F)F)cc2)CCCC(O)C1=O. The summed E-state index contributed by atoms with van der Waals surface area (Å²) in [6, 6.07) is 5.21. The van der Waals surface area contributed by atoms with E-state index in [1.54, 1.807) is 0 Å². The molecule has 2 unspecified atom stereocenters. The van der Waals surface area contributed by atoms with Crippen molar-refractivity contribution in [2.45, 2.75) is 44.2 Å². The van der Waals surface area contributed by atoms with E-state index in [0.29, 0.717) is 31.4 Å². The number of hydrogen-bond acceptors (Lipinski definition) is 4. The highest BCUT2D eigenvalue weighted by Gasteiger charge is 2.45. The lowest BCUT2D eigenvalue weighted by atomic mass is 9.74. The van der Waals surface area contributed by atoms with E-state index in [1.807, 2.05) is 6.92 Å². The van der Waals surface area contributed by atoms with Gasteiger partial charge in [-0.25, -0.2) is 0 Å². The molecule has 1 aliphatic rings. The minimum Gasteiger partial charge on any atom is -0.406 e. The molecule has 0 amide bonds. The number of aliphatic hydroxyl groups excluding tert-OH is 1. The van der Waals surface area contributed by atoms with Crippen LogP contribution in [0.15, 0.2) is 24.3 Å². The van der Waals surface area contributed by atoms with Gasteiger partial charge in [-0.05, 0) is 43.5 Å². The van der Waals surface area contributed by atoms with Gasteiger partial charge in [-0.3, -0.25) is 4.79 Å². The second kappa shape index (κ2) is 6.26. The third-order valence-electron chi connectivity index (χ3n) is 3.81. The van der Waals surface area contributed by atoms with Crippen molar-refractivity contribution in [3.63, 3.8) is 0 Å². The summed E-state index contributed by atoms with van der Waals surface area (Å²) in [7, 11) is 0. The highest BCUT2D eigenvalue weighted by atomic mass is 19.4. The van der Waals surface area contributed by atoms with Gasteiger partial charge in [0, 0.05) is 0 Å². The lowest BCUT2D eigenvalue weighted by Crippen LogP contribution is -2.55. The number of benzene rings is 1. The molecule has 0 saturated heterocycles. The predicted octanol–water partition coefficient (Wildman–Crippen LogP) is 2.50. The molecule has 2 rings (SSSR count). The Morgan fingerprint density at radius 2 is 2.00 bits per heavy atom. The number of ketones is 1. The Morgan fingerprint density at radius 1 is 1.36 bits per heavy atom. The van der Waals surface area contributed by atoms with Crippen LogP contribution in [0.2, 0.25) is 0 Å². The monoisotopic (exact) mass is 317 g/mol. The van der Waals surface area contributed by atoms with Gasteiger partial charge in [0.05, 0.1) is 0 Å². The maximum absolute atomic E-state index is 12.4. The molecule has 7 heteroatoms. The Labute approximate surface area is 126 Å². The average molecular weight is 317 g/mol. The van der Waals surface area contributed by atoms with Gasteiger partial charge in [-0.2, -0.15) is 0 Å². The molecule has 1 aromatic carbocycles. The van der Waals surface area contributed by atoms with Gasteiger partial charge in [-0.1, -0.05) is 19.1 Å². The molecule has 122 valence electrons. The van der Waals surface area contributed by atoms with Crippen LogP contribution in [-0.4, -0.2) is 29.9 Å². The highest BCUT2D eigenvalue weighted by molar-refractivity contribution is 5.93. The maximum Gasteiger partial charge on any atom is 0.573 e. The zero-order chi connectivity index (χ0) is 16.4. The molecule has 0 aliphatic heterocycles. The smallest absolute Gasteiger partial charge is 0.406 e. The van der Waals surface area contributed by atoms with Crippen molar-refractivity contribution in [2.24, 2.45) is 0 Å². The van der Waals surface area contributed by atoms with E-state index in [-0.39, 0.29) is 11.5 Å². The molecular formula is C15H18F3NO3. The van der Waals surface area contributed by atoms with Crippen LogP contribution in [-0.2, 0) is 10.3 Å². The quantitative estimate of drug-likeness (QED) is 0.896. The Morgan fingerprint density at radius 3 is 2.55 bits per heavy atom. The molecule has 0 aromatic heterocycles. The van der Waals surface area contributed by atoms with Crippen LogP contribution in [0.4, 0.5) is 13.2 Å².